The maximum atomic E-state index is 8.63. The first kappa shape index (κ1) is 10.1. The van der Waals surface area contributed by atoms with Crippen molar-refractivity contribution in [2.75, 3.05) is 13.1 Å². The summed E-state index contributed by atoms with van der Waals surface area (Å²) in [6.07, 6.45) is 5.39. The average Bonchev–Trinajstić information content (AvgIpc) is 2.31. The number of hydrogen-bond donors (Lipinski definition) is 1. The minimum absolute atomic E-state index is 0.877. The fourth-order valence-corrected chi connectivity index (χ4v) is 1.82. The lowest BCUT2D eigenvalue weighted by Crippen LogP contribution is -2.33. The Morgan fingerprint density at radius 2 is 1.93 bits per heavy atom. The van der Waals surface area contributed by atoms with Gasteiger partial charge in [-0.05, 0) is 17.7 Å². The van der Waals surface area contributed by atoms with Gasteiger partial charge in [0, 0.05) is 44.9 Å². The van der Waals surface area contributed by atoms with Crippen LogP contribution in [-0.2, 0) is 6.54 Å². The molecule has 0 atom stereocenters. The zero-order valence-corrected chi connectivity index (χ0v) is 8.63. The summed E-state index contributed by atoms with van der Waals surface area (Å²) in [6.45, 7) is 2.91. The molecular weight excluding hydrogens is 190 g/mol. The molecule has 4 heteroatoms. The zero-order valence-electron chi connectivity index (χ0n) is 8.63. The van der Waals surface area contributed by atoms with E-state index in [4.69, 9.17) is 5.21 Å². The summed E-state index contributed by atoms with van der Waals surface area (Å²) < 4.78 is 0. The molecular formula is C11H15N3O. The number of pyridine rings is 1. The lowest BCUT2D eigenvalue weighted by molar-refractivity contribution is 0.256. The van der Waals surface area contributed by atoms with E-state index in [1.54, 1.807) is 0 Å². The Labute approximate surface area is 89.2 Å². The van der Waals surface area contributed by atoms with Crippen LogP contribution in [0.15, 0.2) is 29.7 Å². The van der Waals surface area contributed by atoms with Crippen molar-refractivity contribution in [3.63, 3.8) is 0 Å². The summed E-state index contributed by atoms with van der Waals surface area (Å²) in [5, 5.41) is 11.9. The molecule has 1 aliphatic heterocycles. The summed E-state index contributed by atoms with van der Waals surface area (Å²) in [5.41, 5.74) is 2.20. The quantitative estimate of drug-likeness (QED) is 0.588. The van der Waals surface area contributed by atoms with Crippen LogP contribution in [-0.4, -0.2) is 33.9 Å². The molecule has 1 N–H and O–H groups in total. The molecule has 1 aromatic heterocycles. The fourth-order valence-electron chi connectivity index (χ4n) is 1.82. The number of nitrogens with zero attached hydrogens (tertiary/aromatic N) is 3. The molecule has 1 fully saturated rings. The van der Waals surface area contributed by atoms with Crippen LogP contribution >= 0.6 is 0 Å². The Morgan fingerprint density at radius 1 is 1.27 bits per heavy atom. The molecule has 1 aliphatic rings. The second-order valence-electron chi connectivity index (χ2n) is 3.80. The van der Waals surface area contributed by atoms with E-state index in [0.29, 0.717) is 0 Å². The molecule has 0 aliphatic carbocycles. The standard InChI is InChI=1S/C11H15N3O/c15-13-11-3-7-14(8-4-11)9-10-1-5-12-6-2-10/h1-2,5-6,15H,3-4,7-9H2. The van der Waals surface area contributed by atoms with Crippen molar-refractivity contribution < 1.29 is 5.21 Å². The Hall–Kier alpha value is -1.42. The Balaban J connectivity index is 1.87. The summed E-state index contributed by atoms with van der Waals surface area (Å²) in [6, 6.07) is 4.07. The molecule has 0 unspecified atom stereocenters. The Morgan fingerprint density at radius 3 is 2.53 bits per heavy atom. The van der Waals surface area contributed by atoms with Gasteiger partial charge in [0.15, 0.2) is 0 Å². The van der Waals surface area contributed by atoms with Crippen LogP contribution < -0.4 is 0 Å². The highest BCUT2D eigenvalue weighted by Gasteiger charge is 2.14. The van der Waals surface area contributed by atoms with Crippen LogP contribution in [0, 0.1) is 0 Å². The first-order valence-corrected chi connectivity index (χ1v) is 5.19. The number of likely N-dealkylation sites (tertiary alicyclic amines) is 1. The van der Waals surface area contributed by atoms with Crippen molar-refractivity contribution in [3.8, 4) is 0 Å². The number of piperidine rings is 1. The number of oxime groups is 1. The molecule has 4 nitrogen and oxygen atoms in total. The summed E-state index contributed by atoms with van der Waals surface area (Å²) in [7, 11) is 0. The van der Waals surface area contributed by atoms with E-state index in [1.807, 2.05) is 24.5 Å². The second-order valence-corrected chi connectivity index (χ2v) is 3.80. The van der Waals surface area contributed by atoms with E-state index in [9.17, 15) is 0 Å². The first-order valence-electron chi connectivity index (χ1n) is 5.19. The highest BCUT2D eigenvalue weighted by atomic mass is 16.4. The van der Waals surface area contributed by atoms with Crippen LogP contribution in [0.1, 0.15) is 18.4 Å². The van der Waals surface area contributed by atoms with Crippen molar-refractivity contribution in [2.24, 2.45) is 5.16 Å². The van der Waals surface area contributed by atoms with Gasteiger partial charge in [-0.2, -0.15) is 0 Å². The van der Waals surface area contributed by atoms with E-state index < -0.39 is 0 Å². The molecule has 2 rings (SSSR count). The van der Waals surface area contributed by atoms with E-state index in [2.05, 4.69) is 15.0 Å². The molecule has 2 heterocycles. The molecule has 1 saturated heterocycles. The minimum Gasteiger partial charge on any atom is -0.411 e. The van der Waals surface area contributed by atoms with E-state index >= 15 is 0 Å². The van der Waals surface area contributed by atoms with E-state index in [-0.39, 0.29) is 0 Å². The number of rotatable bonds is 2. The monoisotopic (exact) mass is 205 g/mol. The molecule has 0 radical (unpaired) electrons. The van der Waals surface area contributed by atoms with Gasteiger partial charge in [-0.3, -0.25) is 9.88 Å². The largest absolute Gasteiger partial charge is 0.411 e. The minimum atomic E-state index is 0.877. The third-order valence-corrected chi connectivity index (χ3v) is 2.73. The normalized spacial score (nSPS) is 17.7. The van der Waals surface area contributed by atoms with Crippen molar-refractivity contribution in [1.29, 1.82) is 0 Å². The van der Waals surface area contributed by atoms with Crippen molar-refractivity contribution in [1.82, 2.24) is 9.88 Å². The van der Waals surface area contributed by atoms with Crippen LogP contribution in [0.25, 0.3) is 0 Å². The van der Waals surface area contributed by atoms with Gasteiger partial charge >= 0.3 is 0 Å². The molecule has 0 saturated carbocycles. The van der Waals surface area contributed by atoms with Gasteiger partial charge in [-0.15, -0.1) is 0 Å². The van der Waals surface area contributed by atoms with Crippen LogP contribution in [0.3, 0.4) is 0 Å². The number of aromatic nitrogens is 1. The predicted octanol–water partition coefficient (Wildman–Crippen LogP) is 1.51. The third-order valence-electron chi connectivity index (χ3n) is 2.73. The van der Waals surface area contributed by atoms with E-state index in [1.165, 1.54) is 5.56 Å². The topological polar surface area (TPSA) is 48.7 Å². The zero-order chi connectivity index (χ0) is 10.5. The maximum Gasteiger partial charge on any atom is 0.0596 e. The van der Waals surface area contributed by atoms with E-state index in [0.717, 1.165) is 38.2 Å². The molecule has 0 spiro atoms. The van der Waals surface area contributed by atoms with Gasteiger partial charge in [0.25, 0.3) is 0 Å². The summed E-state index contributed by atoms with van der Waals surface area (Å²) in [4.78, 5) is 6.36. The molecule has 0 amide bonds. The van der Waals surface area contributed by atoms with Gasteiger partial charge in [0.1, 0.15) is 0 Å². The second kappa shape index (κ2) is 4.89. The molecule has 0 aromatic carbocycles. The van der Waals surface area contributed by atoms with Gasteiger partial charge in [0.05, 0.1) is 5.71 Å². The maximum absolute atomic E-state index is 8.63. The summed E-state index contributed by atoms with van der Waals surface area (Å²) >= 11 is 0. The molecule has 15 heavy (non-hydrogen) atoms. The Bertz CT molecular complexity index is 327. The lowest BCUT2D eigenvalue weighted by atomic mass is 10.1. The highest BCUT2D eigenvalue weighted by molar-refractivity contribution is 5.84. The first-order chi connectivity index (χ1) is 7.38. The summed E-state index contributed by atoms with van der Waals surface area (Å²) in [5.74, 6) is 0. The highest BCUT2D eigenvalue weighted by Crippen LogP contribution is 2.11. The van der Waals surface area contributed by atoms with Crippen LogP contribution in [0.5, 0.6) is 0 Å². The van der Waals surface area contributed by atoms with Crippen molar-refractivity contribution in [2.45, 2.75) is 19.4 Å². The SMILES string of the molecule is ON=C1CCN(Cc2ccncc2)CC1. The molecule has 80 valence electrons. The lowest BCUT2D eigenvalue weighted by Gasteiger charge is -2.26. The van der Waals surface area contributed by atoms with Crippen molar-refractivity contribution in [3.05, 3.63) is 30.1 Å². The molecule has 0 bridgehead atoms. The van der Waals surface area contributed by atoms with Gasteiger partial charge < -0.3 is 5.21 Å². The van der Waals surface area contributed by atoms with Crippen molar-refractivity contribution >= 4 is 5.71 Å². The predicted molar refractivity (Wildman–Crippen MR) is 58.0 cm³/mol. The van der Waals surface area contributed by atoms with Gasteiger partial charge in [-0.1, -0.05) is 5.16 Å². The average molecular weight is 205 g/mol. The fraction of sp³-hybridized carbons (Fsp3) is 0.455. The number of hydrogen-bond acceptors (Lipinski definition) is 4. The smallest absolute Gasteiger partial charge is 0.0596 e. The molecule has 1 aromatic rings. The van der Waals surface area contributed by atoms with Gasteiger partial charge in [0.2, 0.25) is 0 Å². The van der Waals surface area contributed by atoms with Crippen LogP contribution in [0.4, 0.5) is 0 Å². The van der Waals surface area contributed by atoms with Gasteiger partial charge in [-0.25, -0.2) is 0 Å². The van der Waals surface area contributed by atoms with Crippen LogP contribution in [0.2, 0.25) is 0 Å². The Kier molecular flexibility index (Phi) is 3.29. The third kappa shape index (κ3) is 2.76.